The van der Waals surface area contributed by atoms with E-state index in [1.807, 2.05) is 0 Å². The summed E-state index contributed by atoms with van der Waals surface area (Å²) in [6.07, 6.45) is -3.27. The van der Waals surface area contributed by atoms with Crippen LogP contribution in [0.15, 0.2) is 24.4 Å². The number of hydrogen-bond acceptors (Lipinski definition) is 3. The first kappa shape index (κ1) is 12.2. The minimum Gasteiger partial charge on any atom is -0.399 e. The van der Waals surface area contributed by atoms with E-state index in [4.69, 9.17) is 17.3 Å². The molecule has 0 atom stereocenters. The number of aromatic nitrogens is 1. The number of benzene rings is 1. The van der Waals surface area contributed by atoms with Gasteiger partial charge in [-0.05, 0) is 18.2 Å². The maximum absolute atomic E-state index is 12.4. The van der Waals surface area contributed by atoms with Crippen LogP contribution in [-0.4, -0.2) is 4.98 Å². The Morgan fingerprint density at radius 2 is 2.00 bits per heavy atom. The molecular formula is C10H6ClF3N2S. The van der Waals surface area contributed by atoms with E-state index in [0.717, 1.165) is 6.20 Å². The van der Waals surface area contributed by atoms with Crippen molar-refractivity contribution in [3.8, 4) is 10.4 Å². The summed E-state index contributed by atoms with van der Waals surface area (Å²) in [7, 11) is 0. The smallest absolute Gasteiger partial charge is 0.399 e. The van der Waals surface area contributed by atoms with Gasteiger partial charge in [0.2, 0.25) is 0 Å². The Bertz CT molecular complexity index is 551. The Kier molecular flexibility index (Phi) is 3.01. The van der Waals surface area contributed by atoms with Gasteiger partial charge in [0.15, 0.2) is 5.01 Å². The van der Waals surface area contributed by atoms with Gasteiger partial charge >= 0.3 is 6.18 Å². The van der Waals surface area contributed by atoms with Gasteiger partial charge in [-0.15, -0.1) is 11.3 Å². The Morgan fingerprint density at radius 1 is 1.29 bits per heavy atom. The molecule has 2 rings (SSSR count). The molecule has 0 amide bonds. The van der Waals surface area contributed by atoms with Crippen molar-refractivity contribution in [2.24, 2.45) is 0 Å². The molecule has 7 heteroatoms. The number of halogens is 4. The number of anilines is 1. The van der Waals surface area contributed by atoms with Crippen LogP contribution in [0.3, 0.4) is 0 Å². The van der Waals surface area contributed by atoms with Crippen LogP contribution in [0, 0.1) is 0 Å². The molecule has 2 aromatic rings. The summed E-state index contributed by atoms with van der Waals surface area (Å²) in [4.78, 5) is 3.69. The summed E-state index contributed by atoms with van der Waals surface area (Å²) in [5.74, 6) is 0. The van der Waals surface area contributed by atoms with Crippen molar-refractivity contribution < 1.29 is 13.2 Å². The fourth-order valence-electron chi connectivity index (χ4n) is 1.26. The number of alkyl halides is 3. The van der Waals surface area contributed by atoms with Crippen molar-refractivity contribution in [1.29, 1.82) is 0 Å². The molecule has 0 saturated heterocycles. The van der Waals surface area contributed by atoms with Gasteiger partial charge in [0.1, 0.15) is 0 Å². The highest BCUT2D eigenvalue weighted by Gasteiger charge is 2.34. The average Bonchev–Trinajstić information content (AvgIpc) is 2.65. The highest BCUT2D eigenvalue weighted by molar-refractivity contribution is 7.15. The van der Waals surface area contributed by atoms with Crippen LogP contribution in [0.4, 0.5) is 18.9 Å². The summed E-state index contributed by atoms with van der Waals surface area (Å²) >= 11 is 6.46. The molecule has 1 heterocycles. The minimum atomic E-state index is -4.43. The monoisotopic (exact) mass is 278 g/mol. The van der Waals surface area contributed by atoms with Crippen molar-refractivity contribution in [3.63, 3.8) is 0 Å². The molecule has 0 radical (unpaired) electrons. The number of hydrogen-bond donors (Lipinski definition) is 1. The first-order valence-corrected chi connectivity index (χ1v) is 5.66. The Labute approximate surface area is 104 Å². The van der Waals surface area contributed by atoms with Crippen molar-refractivity contribution in [2.75, 3.05) is 5.73 Å². The predicted molar refractivity (Wildman–Crippen MR) is 62.0 cm³/mol. The zero-order chi connectivity index (χ0) is 12.6. The molecule has 0 spiro atoms. The quantitative estimate of drug-likeness (QED) is 0.799. The molecular weight excluding hydrogens is 273 g/mol. The van der Waals surface area contributed by atoms with E-state index in [9.17, 15) is 13.2 Å². The topological polar surface area (TPSA) is 38.9 Å². The lowest BCUT2D eigenvalue weighted by molar-refractivity contribution is -0.137. The molecule has 0 bridgehead atoms. The molecule has 1 aromatic heterocycles. The second-order valence-electron chi connectivity index (χ2n) is 3.27. The zero-order valence-electron chi connectivity index (χ0n) is 8.25. The van der Waals surface area contributed by atoms with E-state index in [2.05, 4.69) is 4.98 Å². The van der Waals surface area contributed by atoms with Gasteiger partial charge in [-0.25, -0.2) is 4.98 Å². The van der Waals surface area contributed by atoms with Crippen LogP contribution in [0.2, 0.25) is 5.02 Å². The summed E-state index contributed by atoms with van der Waals surface area (Å²) in [5.41, 5.74) is 6.46. The number of thiazole rings is 1. The third-order valence-corrected chi connectivity index (χ3v) is 3.39. The predicted octanol–water partition coefficient (Wildman–Crippen LogP) is 4.06. The van der Waals surface area contributed by atoms with Crippen molar-refractivity contribution in [2.45, 2.75) is 6.18 Å². The normalized spacial score (nSPS) is 11.8. The summed E-state index contributed by atoms with van der Waals surface area (Å²) in [5, 5.41) is -0.581. The molecule has 0 aliphatic heterocycles. The van der Waals surface area contributed by atoms with Crippen LogP contribution in [0.25, 0.3) is 10.4 Å². The van der Waals surface area contributed by atoms with Crippen molar-refractivity contribution in [1.82, 2.24) is 4.98 Å². The molecule has 0 fully saturated rings. The van der Waals surface area contributed by atoms with E-state index in [-0.39, 0.29) is 0 Å². The van der Waals surface area contributed by atoms with Gasteiger partial charge in [0, 0.05) is 17.4 Å². The van der Waals surface area contributed by atoms with Gasteiger partial charge < -0.3 is 5.73 Å². The van der Waals surface area contributed by atoms with Crippen LogP contribution < -0.4 is 5.73 Å². The third kappa shape index (κ3) is 2.53. The van der Waals surface area contributed by atoms with Gasteiger partial charge in [0.05, 0.1) is 9.90 Å². The van der Waals surface area contributed by atoms with E-state index in [1.165, 1.54) is 6.07 Å². The summed E-state index contributed by atoms with van der Waals surface area (Å²) < 4.78 is 37.1. The summed E-state index contributed by atoms with van der Waals surface area (Å²) in [6.45, 7) is 0. The van der Waals surface area contributed by atoms with Crippen molar-refractivity contribution >= 4 is 28.6 Å². The highest BCUT2D eigenvalue weighted by Crippen LogP contribution is 2.38. The SMILES string of the molecule is Nc1ccc(-c2cnc(C(F)(F)F)s2)c(Cl)c1. The Morgan fingerprint density at radius 3 is 2.53 bits per heavy atom. The lowest BCUT2D eigenvalue weighted by Crippen LogP contribution is -2.02. The molecule has 1 aromatic carbocycles. The van der Waals surface area contributed by atoms with E-state index >= 15 is 0 Å². The molecule has 90 valence electrons. The molecule has 0 aliphatic carbocycles. The van der Waals surface area contributed by atoms with Crippen LogP contribution in [0.1, 0.15) is 5.01 Å². The molecule has 2 N–H and O–H groups in total. The second-order valence-corrected chi connectivity index (χ2v) is 4.70. The number of nitrogens with zero attached hydrogens (tertiary/aromatic N) is 1. The lowest BCUT2D eigenvalue weighted by atomic mass is 10.2. The maximum Gasteiger partial charge on any atom is 0.443 e. The fraction of sp³-hybridized carbons (Fsp3) is 0.100. The second kappa shape index (κ2) is 4.19. The molecule has 2 nitrogen and oxygen atoms in total. The standard InChI is InChI=1S/C10H6ClF3N2S/c11-7-3-5(15)1-2-6(7)8-4-16-9(17-8)10(12,13)14/h1-4H,15H2. The van der Waals surface area contributed by atoms with Gasteiger partial charge in [-0.2, -0.15) is 13.2 Å². The van der Waals surface area contributed by atoms with E-state index in [0.29, 0.717) is 32.5 Å². The Balaban J connectivity index is 2.44. The zero-order valence-corrected chi connectivity index (χ0v) is 9.83. The van der Waals surface area contributed by atoms with Gasteiger partial charge in [-0.1, -0.05) is 11.6 Å². The first-order chi connectivity index (χ1) is 7.88. The number of rotatable bonds is 1. The third-order valence-electron chi connectivity index (χ3n) is 2.01. The van der Waals surface area contributed by atoms with Crippen LogP contribution in [-0.2, 0) is 6.18 Å². The molecule has 0 saturated carbocycles. The van der Waals surface area contributed by atoms with Crippen molar-refractivity contribution in [3.05, 3.63) is 34.4 Å². The van der Waals surface area contributed by atoms with Crippen LogP contribution in [0.5, 0.6) is 0 Å². The number of nitrogen functional groups attached to an aromatic ring is 1. The molecule has 17 heavy (non-hydrogen) atoms. The minimum absolute atomic E-state index is 0.308. The van der Waals surface area contributed by atoms with Crippen LogP contribution >= 0.6 is 22.9 Å². The summed E-state index contributed by atoms with van der Waals surface area (Å²) in [6, 6.07) is 4.64. The largest absolute Gasteiger partial charge is 0.443 e. The van der Waals surface area contributed by atoms with E-state index < -0.39 is 11.2 Å². The Hall–Kier alpha value is -1.27. The number of nitrogens with two attached hydrogens (primary N) is 1. The first-order valence-electron chi connectivity index (χ1n) is 4.46. The molecule has 0 unspecified atom stereocenters. The maximum atomic E-state index is 12.4. The fourth-order valence-corrected chi connectivity index (χ4v) is 2.43. The van der Waals surface area contributed by atoms with Gasteiger partial charge in [-0.3, -0.25) is 0 Å². The lowest BCUT2D eigenvalue weighted by Gasteiger charge is -2.02. The highest BCUT2D eigenvalue weighted by atomic mass is 35.5. The van der Waals surface area contributed by atoms with Gasteiger partial charge in [0.25, 0.3) is 0 Å². The molecule has 0 aliphatic rings. The van der Waals surface area contributed by atoms with E-state index in [1.54, 1.807) is 12.1 Å². The average molecular weight is 279 g/mol.